The molecular formula is C8H16O3S2. The molecule has 0 unspecified atom stereocenters. The number of thiocarbonyl (C=S) groups is 1. The van der Waals surface area contributed by atoms with Crippen molar-refractivity contribution in [3.8, 4) is 0 Å². The summed E-state index contributed by atoms with van der Waals surface area (Å²) in [5.41, 5.74) is 0. The Kier molecular flexibility index (Phi) is 13.7. The Morgan fingerprint density at radius 1 is 1.23 bits per heavy atom. The minimum Gasteiger partial charge on any atom is -0.479 e. The molecule has 0 bridgehead atoms. The van der Waals surface area contributed by atoms with E-state index in [1.165, 1.54) is 0 Å². The number of carbonyl (C=O) groups excluding carboxylic acids is 1. The third kappa shape index (κ3) is 18.6. The molecule has 0 spiro atoms. The lowest BCUT2D eigenvalue weighted by Crippen LogP contribution is -2.00. The molecule has 0 amide bonds. The van der Waals surface area contributed by atoms with Crippen molar-refractivity contribution in [2.24, 2.45) is 0 Å². The molecule has 0 aromatic rings. The zero-order valence-electron chi connectivity index (χ0n) is 8.20. The molecule has 5 heteroatoms. The fourth-order valence-electron chi connectivity index (χ4n) is 0.387. The van der Waals surface area contributed by atoms with Gasteiger partial charge < -0.3 is 9.47 Å². The minimum atomic E-state index is -0.123. The third-order valence-electron chi connectivity index (χ3n) is 0.862. The van der Waals surface area contributed by atoms with Crippen molar-refractivity contribution in [1.82, 2.24) is 0 Å². The Labute approximate surface area is 90.2 Å². The highest BCUT2D eigenvalue weighted by Gasteiger charge is 1.91. The van der Waals surface area contributed by atoms with Gasteiger partial charge in [-0.1, -0.05) is 19.6 Å². The molecule has 0 rings (SSSR count). The van der Waals surface area contributed by atoms with Gasteiger partial charge in [-0.15, -0.1) is 0 Å². The number of esters is 1. The van der Waals surface area contributed by atoms with Crippen LogP contribution in [0.5, 0.6) is 0 Å². The summed E-state index contributed by atoms with van der Waals surface area (Å²) >= 11 is 8.12. The molecule has 3 nitrogen and oxygen atoms in total. The maximum absolute atomic E-state index is 10.2. The summed E-state index contributed by atoms with van der Waals surface area (Å²) in [4.78, 5) is 10.2. The normalized spacial score (nSPS) is 8.00. The Balaban J connectivity index is 0. The quantitative estimate of drug-likeness (QED) is 0.453. The first kappa shape index (κ1) is 15.2. The van der Waals surface area contributed by atoms with E-state index in [1.54, 1.807) is 13.8 Å². The van der Waals surface area contributed by atoms with E-state index in [2.05, 4.69) is 34.3 Å². The highest BCUT2D eigenvalue weighted by Crippen LogP contribution is 1.83. The topological polar surface area (TPSA) is 35.5 Å². The van der Waals surface area contributed by atoms with Crippen LogP contribution < -0.4 is 0 Å². The summed E-state index contributed by atoms with van der Waals surface area (Å²) in [5.74, 6) is -0.123. The van der Waals surface area contributed by atoms with Gasteiger partial charge in [0.25, 0.3) is 0 Å². The zero-order valence-corrected chi connectivity index (χ0v) is 9.91. The molecule has 13 heavy (non-hydrogen) atoms. The van der Waals surface area contributed by atoms with Crippen LogP contribution in [-0.2, 0) is 14.3 Å². The van der Waals surface area contributed by atoms with E-state index in [4.69, 9.17) is 0 Å². The maximum atomic E-state index is 10.2. The second-order valence-electron chi connectivity index (χ2n) is 1.86. The van der Waals surface area contributed by atoms with Crippen molar-refractivity contribution in [1.29, 1.82) is 0 Å². The van der Waals surface area contributed by atoms with Crippen molar-refractivity contribution in [3.05, 3.63) is 0 Å². The van der Waals surface area contributed by atoms with Gasteiger partial charge in [-0.05, 0) is 26.1 Å². The van der Waals surface area contributed by atoms with Crippen LogP contribution in [-0.4, -0.2) is 23.6 Å². The van der Waals surface area contributed by atoms with E-state index < -0.39 is 0 Å². The Hall–Kier alpha value is -0.290. The van der Waals surface area contributed by atoms with Crippen molar-refractivity contribution < 1.29 is 14.3 Å². The van der Waals surface area contributed by atoms with Crippen LogP contribution in [0.3, 0.4) is 0 Å². The number of hydrogen-bond donors (Lipinski definition) is 1. The van der Waals surface area contributed by atoms with Gasteiger partial charge in [-0.25, -0.2) is 0 Å². The summed E-state index contributed by atoms with van der Waals surface area (Å²) in [6, 6.07) is 0. The SMILES string of the molecule is CCOC(=O)CC.CCOC(=S)S. The molecule has 0 atom stereocenters. The first-order valence-electron chi connectivity index (χ1n) is 4.09. The molecular weight excluding hydrogens is 208 g/mol. The fraction of sp³-hybridized carbons (Fsp3) is 0.750. The van der Waals surface area contributed by atoms with Crippen molar-refractivity contribution >= 4 is 35.2 Å². The molecule has 78 valence electrons. The Morgan fingerprint density at radius 3 is 1.77 bits per heavy atom. The highest BCUT2D eigenvalue weighted by molar-refractivity contribution is 8.10. The number of thiol groups is 1. The molecule has 0 radical (unpaired) electrons. The van der Waals surface area contributed by atoms with E-state index in [0.29, 0.717) is 24.0 Å². The predicted molar refractivity (Wildman–Crippen MR) is 60.1 cm³/mol. The third-order valence-corrected chi connectivity index (χ3v) is 1.11. The second-order valence-corrected chi connectivity index (χ2v) is 2.94. The summed E-state index contributed by atoms with van der Waals surface area (Å²) < 4.78 is 9.51. The zero-order chi connectivity index (χ0) is 10.7. The molecule has 0 saturated carbocycles. The predicted octanol–water partition coefficient (Wildman–Crippen LogP) is 2.20. The van der Waals surface area contributed by atoms with E-state index >= 15 is 0 Å². The van der Waals surface area contributed by atoms with Gasteiger partial charge in [0.1, 0.15) is 0 Å². The van der Waals surface area contributed by atoms with Crippen molar-refractivity contribution in [2.45, 2.75) is 27.2 Å². The molecule has 0 N–H and O–H groups in total. The summed E-state index contributed by atoms with van der Waals surface area (Å²) in [5, 5.41) is 0. The summed E-state index contributed by atoms with van der Waals surface area (Å²) in [6.45, 7) is 6.54. The summed E-state index contributed by atoms with van der Waals surface area (Å²) in [6.07, 6.45) is 0.480. The van der Waals surface area contributed by atoms with Gasteiger partial charge in [0, 0.05) is 6.42 Å². The summed E-state index contributed by atoms with van der Waals surface area (Å²) in [7, 11) is 0. The largest absolute Gasteiger partial charge is 0.479 e. The smallest absolute Gasteiger partial charge is 0.305 e. The molecule has 0 aromatic carbocycles. The molecule has 0 fully saturated rings. The monoisotopic (exact) mass is 224 g/mol. The second kappa shape index (κ2) is 11.7. The standard InChI is InChI=1S/C5H10O2.C3H6OS2/c1-3-5(6)7-4-2;1-2-4-3(5)6/h3-4H2,1-2H3;2H2,1H3,(H,5,6). The lowest BCUT2D eigenvalue weighted by molar-refractivity contribution is -0.142. The molecule has 0 aliphatic rings. The van der Waals surface area contributed by atoms with Gasteiger partial charge in [0.15, 0.2) is 0 Å². The molecule has 0 aliphatic carbocycles. The first-order valence-corrected chi connectivity index (χ1v) is 4.95. The van der Waals surface area contributed by atoms with Crippen LogP contribution in [0.25, 0.3) is 0 Å². The molecule has 0 saturated heterocycles. The molecule has 0 heterocycles. The van der Waals surface area contributed by atoms with Crippen LogP contribution in [0.15, 0.2) is 0 Å². The van der Waals surface area contributed by atoms with Gasteiger partial charge in [-0.2, -0.15) is 0 Å². The maximum Gasteiger partial charge on any atom is 0.305 e. The molecule has 0 aliphatic heterocycles. The fourth-order valence-corrected chi connectivity index (χ4v) is 0.633. The van der Waals surface area contributed by atoms with Crippen LogP contribution in [0.1, 0.15) is 27.2 Å². The average Bonchev–Trinajstić information content (AvgIpc) is 2.05. The lowest BCUT2D eigenvalue weighted by Gasteiger charge is -1.93. The van der Waals surface area contributed by atoms with E-state index in [1.807, 2.05) is 6.92 Å². The average molecular weight is 224 g/mol. The number of ether oxygens (including phenoxy) is 2. The van der Waals surface area contributed by atoms with Crippen LogP contribution in [0, 0.1) is 0 Å². The van der Waals surface area contributed by atoms with Crippen LogP contribution in [0.2, 0.25) is 0 Å². The van der Waals surface area contributed by atoms with Crippen LogP contribution >= 0.6 is 24.8 Å². The van der Waals surface area contributed by atoms with Gasteiger partial charge in [-0.3, -0.25) is 4.79 Å². The van der Waals surface area contributed by atoms with Crippen molar-refractivity contribution in [3.63, 3.8) is 0 Å². The molecule has 0 aromatic heterocycles. The first-order chi connectivity index (χ1) is 6.08. The van der Waals surface area contributed by atoms with Crippen LogP contribution in [0.4, 0.5) is 0 Å². The van der Waals surface area contributed by atoms with Gasteiger partial charge >= 0.3 is 5.97 Å². The van der Waals surface area contributed by atoms with Gasteiger partial charge in [0.2, 0.25) is 4.38 Å². The minimum absolute atomic E-state index is 0.123. The van der Waals surface area contributed by atoms with E-state index in [0.717, 1.165) is 0 Å². The van der Waals surface area contributed by atoms with E-state index in [-0.39, 0.29) is 5.97 Å². The van der Waals surface area contributed by atoms with Gasteiger partial charge in [0.05, 0.1) is 13.2 Å². The highest BCUT2D eigenvalue weighted by atomic mass is 32.1. The number of carbonyl (C=O) groups is 1. The Morgan fingerprint density at radius 2 is 1.69 bits per heavy atom. The number of rotatable bonds is 3. The Bertz CT molecular complexity index is 148. The van der Waals surface area contributed by atoms with E-state index in [9.17, 15) is 4.79 Å². The van der Waals surface area contributed by atoms with Crippen molar-refractivity contribution in [2.75, 3.05) is 13.2 Å². The number of hydrogen-bond acceptors (Lipinski definition) is 4. The lowest BCUT2D eigenvalue weighted by atomic mass is 10.5.